The Balaban J connectivity index is 2.39. The minimum Gasteiger partial charge on any atom is -0.397 e. The highest BCUT2D eigenvalue weighted by molar-refractivity contribution is 5.67. The summed E-state index contributed by atoms with van der Waals surface area (Å²) in [7, 11) is 0. The van der Waals surface area contributed by atoms with Gasteiger partial charge in [0.25, 0.3) is 0 Å². The molecule has 0 saturated carbocycles. The number of halogens is 3. The first-order valence-corrected chi connectivity index (χ1v) is 5.92. The molecule has 0 bridgehead atoms. The molecule has 0 aliphatic heterocycles. The second-order valence-corrected chi connectivity index (χ2v) is 4.43. The van der Waals surface area contributed by atoms with Crippen LogP contribution in [0, 0.1) is 18.3 Å². The van der Waals surface area contributed by atoms with Gasteiger partial charge in [0.1, 0.15) is 11.9 Å². The van der Waals surface area contributed by atoms with Gasteiger partial charge in [-0.05, 0) is 36.8 Å². The molecule has 0 aliphatic rings. The van der Waals surface area contributed by atoms with Gasteiger partial charge in [-0.1, -0.05) is 0 Å². The number of pyridine rings is 1. The van der Waals surface area contributed by atoms with Gasteiger partial charge >= 0.3 is 6.18 Å². The van der Waals surface area contributed by atoms with Crippen LogP contribution in [0.5, 0.6) is 0 Å². The number of nitrogen functional groups attached to an aromatic ring is 1. The number of nitrogens with zero attached hydrogens (tertiary/aromatic N) is 2. The molecular formula is C14H11F3N4. The van der Waals surface area contributed by atoms with Crippen LogP contribution in [0.4, 0.5) is 30.4 Å². The van der Waals surface area contributed by atoms with Gasteiger partial charge in [-0.15, -0.1) is 0 Å². The van der Waals surface area contributed by atoms with Crippen molar-refractivity contribution in [2.24, 2.45) is 0 Å². The van der Waals surface area contributed by atoms with E-state index in [0.29, 0.717) is 11.5 Å². The second kappa shape index (κ2) is 5.32. The van der Waals surface area contributed by atoms with Crippen LogP contribution in [0.1, 0.15) is 16.7 Å². The average molecular weight is 292 g/mol. The zero-order valence-corrected chi connectivity index (χ0v) is 11.0. The number of hydrogen-bond donors (Lipinski definition) is 2. The quantitative estimate of drug-likeness (QED) is 0.886. The molecule has 1 aromatic carbocycles. The number of aryl methyl sites for hydroxylation is 1. The minimum absolute atomic E-state index is 0.108. The smallest absolute Gasteiger partial charge is 0.397 e. The van der Waals surface area contributed by atoms with E-state index in [0.717, 1.165) is 17.7 Å². The molecule has 1 aromatic heterocycles. The van der Waals surface area contributed by atoms with E-state index in [9.17, 15) is 13.2 Å². The lowest BCUT2D eigenvalue weighted by Gasteiger charge is -2.12. The fraction of sp³-hybridized carbons (Fsp3) is 0.143. The first kappa shape index (κ1) is 14.7. The predicted molar refractivity (Wildman–Crippen MR) is 72.8 cm³/mol. The fourth-order valence-corrected chi connectivity index (χ4v) is 1.78. The van der Waals surface area contributed by atoms with Gasteiger partial charge in [-0.25, -0.2) is 4.98 Å². The number of hydrogen-bond acceptors (Lipinski definition) is 4. The first-order valence-electron chi connectivity index (χ1n) is 5.92. The Bertz CT molecular complexity index is 717. The Kier molecular flexibility index (Phi) is 3.72. The van der Waals surface area contributed by atoms with E-state index >= 15 is 0 Å². The number of aromatic nitrogens is 1. The monoisotopic (exact) mass is 292 g/mol. The summed E-state index contributed by atoms with van der Waals surface area (Å²) in [6, 6.07) is 6.34. The lowest BCUT2D eigenvalue weighted by atomic mass is 10.1. The molecule has 0 fully saturated rings. The van der Waals surface area contributed by atoms with Crippen molar-refractivity contribution in [2.45, 2.75) is 13.1 Å². The van der Waals surface area contributed by atoms with Crippen LogP contribution in [0.15, 0.2) is 30.5 Å². The normalized spacial score (nSPS) is 11.0. The molecule has 2 aromatic rings. The third kappa shape index (κ3) is 3.23. The van der Waals surface area contributed by atoms with Crippen molar-refractivity contribution in [3.8, 4) is 6.07 Å². The van der Waals surface area contributed by atoms with E-state index in [1.807, 2.05) is 0 Å². The third-order valence-electron chi connectivity index (χ3n) is 2.82. The van der Waals surface area contributed by atoms with Crippen LogP contribution < -0.4 is 11.1 Å². The highest BCUT2D eigenvalue weighted by Crippen LogP contribution is 2.32. The van der Waals surface area contributed by atoms with Gasteiger partial charge in [-0.3, -0.25) is 0 Å². The summed E-state index contributed by atoms with van der Waals surface area (Å²) >= 11 is 0. The summed E-state index contributed by atoms with van der Waals surface area (Å²) in [6.07, 6.45) is -3.06. The van der Waals surface area contributed by atoms with E-state index in [-0.39, 0.29) is 11.3 Å². The minimum atomic E-state index is -4.49. The summed E-state index contributed by atoms with van der Waals surface area (Å²) in [5.41, 5.74) is 6.05. The van der Waals surface area contributed by atoms with Gasteiger partial charge in [0, 0.05) is 0 Å². The first-order chi connectivity index (χ1) is 9.81. The molecule has 2 rings (SSSR count). The van der Waals surface area contributed by atoms with Gasteiger partial charge in [-0.2, -0.15) is 18.4 Å². The zero-order chi connectivity index (χ0) is 15.6. The van der Waals surface area contributed by atoms with E-state index in [1.165, 1.54) is 12.3 Å². The lowest BCUT2D eigenvalue weighted by Crippen LogP contribution is -2.06. The molecule has 0 amide bonds. The number of nitrogens with one attached hydrogen (secondary N) is 1. The van der Waals surface area contributed by atoms with Gasteiger partial charge in [0.15, 0.2) is 0 Å². The summed E-state index contributed by atoms with van der Waals surface area (Å²) in [5, 5.41) is 11.8. The Morgan fingerprint density at radius 3 is 2.57 bits per heavy atom. The standard InChI is InChI=1S/C14H11F3N4/c1-8-4-11(19)7-20-13(8)21-12-3-2-10(14(15,16)17)5-9(12)6-18/h2-5,7H,19H2,1H3,(H,20,21). The van der Waals surface area contributed by atoms with Crippen molar-refractivity contribution in [3.05, 3.63) is 47.2 Å². The van der Waals surface area contributed by atoms with Gasteiger partial charge in [0.05, 0.1) is 28.7 Å². The number of nitriles is 1. The zero-order valence-electron chi connectivity index (χ0n) is 11.0. The maximum Gasteiger partial charge on any atom is 0.416 e. The summed E-state index contributed by atoms with van der Waals surface area (Å²) in [5.74, 6) is 0.431. The molecule has 1 heterocycles. The topological polar surface area (TPSA) is 74.7 Å². The largest absolute Gasteiger partial charge is 0.416 e. The van der Waals surface area contributed by atoms with Crippen LogP contribution >= 0.6 is 0 Å². The number of alkyl halides is 3. The number of rotatable bonds is 2. The van der Waals surface area contributed by atoms with E-state index in [2.05, 4.69) is 10.3 Å². The Morgan fingerprint density at radius 2 is 2.00 bits per heavy atom. The van der Waals surface area contributed by atoms with E-state index < -0.39 is 11.7 Å². The number of benzene rings is 1. The second-order valence-electron chi connectivity index (χ2n) is 4.43. The molecule has 0 saturated heterocycles. The number of anilines is 3. The van der Waals surface area contributed by atoms with E-state index in [4.69, 9.17) is 11.0 Å². The molecule has 4 nitrogen and oxygen atoms in total. The Morgan fingerprint density at radius 1 is 1.29 bits per heavy atom. The van der Waals surface area contributed by atoms with Crippen molar-refractivity contribution < 1.29 is 13.2 Å². The molecule has 3 N–H and O–H groups in total. The van der Waals surface area contributed by atoms with Gasteiger partial charge in [0.2, 0.25) is 0 Å². The number of nitrogens with two attached hydrogens (primary N) is 1. The molecule has 0 aliphatic carbocycles. The highest BCUT2D eigenvalue weighted by atomic mass is 19.4. The molecular weight excluding hydrogens is 281 g/mol. The van der Waals surface area contributed by atoms with E-state index in [1.54, 1.807) is 19.1 Å². The van der Waals surface area contributed by atoms with Crippen LogP contribution in [0.25, 0.3) is 0 Å². The Labute approximate surface area is 119 Å². The summed E-state index contributed by atoms with van der Waals surface area (Å²) in [6.45, 7) is 1.75. The molecule has 21 heavy (non-hydrogen) atoms. The summed E-state index contributed by atoms with van der Waals surface area (Å²) < 4.78 is 37.8. The lowest BCUT2D eigenvalue weighted by molar-refractivity contribution is -0.137. The van der Waals surface area contributed by atoms with Crippen molar-refractivity contribution in [1.82, 2.24) is 4.98 Å². The average Bonchev–Trinajstić information content (AvgIpc) is 2.41. The van der Waals surface area contributed by atoms with Crippen molar-refractivity contribution >= 4 is 17.2 Å². The maximum atomic E-state index is 12.6. The maximum absolute atomic E-state index is 12.6. The molecule has 0 spiro atoms. The van der Waals surface area contributed by atoms with Crippen molar-refractivity contribution in [1.29, 1.82) is 5.26 Å². The van der Waals surface area contributed by atoms with Crippen LogP contribution in [-0.2, 0) is 6.18 Å². The molecule has 108 valence electrons. The highest BCUT2D eigenvalue weighted by Gasteiger charge is 2.31. The van der Waals surface area contributed by atoms with Crippen LogP contribution in [-0.4, -0.2) is 4.98 Å². The SMILES string of the molecule is Cc1cc(N)cnc1Nc1ccc(C(F)(F)F)cc1C#N. The molecule has 0 radical (unpaired) electrons. The van der Waals surface area contributed by atoms with Crippen LogP contribution in [0.3, 0.4) is 0 Å². The molecule has 0 unspecified atom stereocenters. The summed E-state index contributed by atoms with van der Waals surface area (Å²) in [4.78, 5) is 4.05. The van der Waals surface area contributed by atoms with Crippen LogP contribution in [0.2, 0.25) is 0 Å². The molecule has 0 atom stereocenters. The fourth-order valence-electron chi connectivity index (χ4n) is 1.78. The van der Waals surface area contributed by atoms with Crippen molar-refractivity contribution in [3.63, 3.8) is 0 Å². The van der Waals surface area contributed by atoms with Gasteiger partial charge < -0.3 is 11.1 Å². The molecule has 7 heteroatoms. The Hall–Kier alpha value is -2.75. The predicted octanol–water partition coefficient (Wildman–Crippen LogP) is 3.61. The third-order valence-corrected chi connectivity index (χ3v) is 2.82. The van der Waals surface area contributed by atoms with Crippen molar-refractivity contribution in [2.75, 3.05) is 11.1 Å².